The van der Waals surface area contributed by atoms with Gasteiger partial charge in [0.2, 0.25) is 0 Å². The first-order valence-electron chi connectivity index (χ1n) is 11.2. The highest BCUT2D eigenvalue weighted by molar-refractivity contribution is 5.75. The van der Waals surface area contributed by atoms with E-state index in [1.54, 1.807) is 0 Å². The highest BCUT2D eigenvalue weighted by Crippen LogP contribution is 2.29. The fourth-order valence-electron chi connectivity index (χ4n) is 4.23. The first-order valence-corrected chi connectivity index (χ1v) is 11.2. The molecule has 0 fully saturated rings. The maximum absolute atomic E-state index is 12.2. The molecule has 0 aromatic heterocycles. The monoisotopic (exact) mass is 467 g/mol. The van der Waals surface area contributed by atoms with E-state index in [1.165, 1.54) is 0 Å². The van der Waals surface area contributed by atoms with E-state index in [4.69, 9.17) is 15.2 Å². The van der Waals surface area contributed by atoms with Gasteiger partial charge >= 0.3 is 5.97 Å². The molecule has 0 spiro atoms. The quantitative estimate of drug-likeness (QED) is 0.266. The summed E-state index contributed by atoms with van der Waals surface area (Å²) in [6.45, 7) is 4.17. The van der Waals surface area contributed by atoms with Gasteiger partial charge in [-0.25, -0.2) is 9.98 Å². The van der Waals surface area contributed by atoms with E-state index in [1.807, 2.05) is 74.5 Å². The summed E-state index contributed by atoms with van der Waals surface area (Å²) in [5.41, 5.74) is 3.18. The predicted molar refractivity (Wildman–Crippen MR) is 129 cm³/mol. The van der Waals surface area contributed by atoms with Crippen LogP contribution in [0.4, 0.5) is 0 Å². The lowest BCUT2D eigenvalue weighted by atomic mass is 9.81. The lowest BCUT2D eigenvalue weighted by molar-refractivity contribution is -0.152. The van der Waals surface area contributed by atoms with E-state index in [-0.39, 0.29) is 32.6 Å². The van der Waals surface area contributed by atoms with Crippen molar-refractivity contribution in [2.45, 2.75) is 38.1 Å². The van der Waals surface area contributed by atoms with Crippen LogP contribution in [0.15, 0.2) is 58.5 Å². The van der Waals surface area contributed by atoms with Crippen LogP contribution in [0.2, 0.25) is 0 Å². The van der Waals surface area contributed by atoms with Crippen molar-refractivity contribution in [3.05, 3.63) is 69.7 Å². The predicted octanol–water partition coefficient (Wildman–Crippen LogP) is -0.691. The third-order valence-corrected chi connectivity index (χ3v) is 6.20. The van der Waals surface area contributed by atoms with E-state index < -0.39 is 22.8 Å². The van der Waals surface area contributed by atoms with E-state index in [2.05, 4.69) is 21.7 Å². The molecule has 182 valence electrons. The molecule has 9 nitrogen and oxygen atoms in total. The Morgan fingerprint density at radius 3 is 1.65 bits per heavy atom. The Kier molecular flexibility index (Phi) is 7.96. The number of carbonyl (C=O) groups is 1. The SMILES string of the molecule is CC1(OCCC(CN)(CCOC2(C)C=c3ccccc3=N2)C(=O)O)C=c2ccccc2=N1.NN. The van der Waals surface area contributed by atoms with Gasteiger partial charge in [-0.3, -0.25) is 16.5 Å². The Bertz CT molecular complexity index is 1100. The largest absolute Gasteiger partial charge is 0.481 e. The van der Waals surface area contributed by atoms with E-state index in [9.17, 15) is 9.90 Å². The Morgan fingerprint density at radius 2 is 1.29 bits per heavy atom. The number of aliphatic carboxylic acids is 1. The number of benzene rings is 2. The summed E-state index contributed by atoms with van der Waals surface area (Å²) >= 11 is 0. The molecular weight excluding hydrogens is 434 g/mol. The number of hydrogen-bond donors (Lipinski definition) is 4. The molecule has 7 N–H and O–H groups in total. The van der Waals surface area contributed by atoms with Crippen molar-refractivity contribution < 1.29 is 19.4 Å². The van der Waals surface area contributed by atoms with Crippen LogP contribution in [0.3, 0.4) is 0 Å². The molecule has 4 rings (SSSR count). The van der Waals surface area contributed by atoms with Crippen molar-refractivity contribution in [1.29, 1.82) is 0 Å². The minimum absolute atomic E-state index is 0.00928. The molecule has 2 aromatic rings. The van der Waals surface area contributed by atoms with Crippen LogP contribution >= 0.6 is 0 Å². The summed E-state index contributed by atoms with van der Waals surface area (Å²) in [4.78, 5) is 21.4. The van der Waals surface area contributed by atoms with Gasteiger partial charge in [-0.05, 0) is 51.0 Å². The van der Waals surface area contributed by atoms with Crippen LogP contribution in [0.25, 0.3) is 12.2 Å². The smallest absolute Gasteiger partial charge is 0.311 e. The minimum atomic E-state index is -1.15. The molecule has 2 aromatic carbocycles. The van der Waals surface area contributed by atoms with Crippen molar-refractivity contribution in [2.75, 3.05) is 19.8 Å². The van der Waals surface area contributed by atoms with E-state index in [0.717, 1.165) is 21.2 Å². The van der Waals surface area contributed by atoms with Gasteiger partial charge in [-0.2, -0.15) is 0 Å². The fourth-order valence-corrected chi connectivity index (χ4v) is 4.23. The number of nitrogens with two attached hydrogens (primary N) is 3. The first kappa shape index (κ1) is 25.7. The van der Waals surface area contributed by atoms with Crippen molar-refractivity contribution in [1.82, 2.24) is 0 Å². The van der Waals surface area contributed by atoms with Crippen molar-refractivity contribution in [3.8, 4) is 0 Å². The second-order valence-corrected chi connectivity index (χ2v) is 8.73. The van der Waals surface area contributed by atoms with Crippen molar-refractivity contribution >= 4 is 18.1 Å². The highest BCUT2D eigenvalue weighted by Gasteiger charge is 2.38. The van der Waals surface area contributed by atoms with Gasteiger partial charge in [0.15, 0.2) is 11.4 Å². The van der Waals surface area contributed by atoms with E-state index in [0.29, 0.717) is 0 Å². The van der Waals surface area contributed by atoms with Crippen LogP contribution in [0.1, 0.15) is 26.7 Å². The number of rotatable bonds is 10. The van der Waals surface area contributed by atoms with Gasteiger partial charge in [0.1, 0.15) is 0 Å². The average molecular weight is 468 g/mol. The molecular formula is C25H33N5O4. The Balaban J connectivity index is 0.00000158. The highest BCUT2D eigenvalue weighted by atomic mass is 16.5. The molecule has 2 aliphatic heterocycles. The molecule has 2 aliphatic rings. The number of carboxylic acid groups (broad SMARTS) is 1. The molecule has 2 heterocycles. The third kappa shape index (κ3) is 5.57. The van der Waals surface area contributed by atoms with E-state index >= 15 is 0 Å². The van der Waals surface area contributed by atoms with Gasteiger partial charge in [0, 0.05) is 17.0 Å². The number of fused-ring (bicyclic) bond motifs is 2. The topological polar surface area (TPSA) is 159 Å². The Labute approximate surface area is 198 Å². The summed E-state index contributed by atoms with van der Waals surface area (Å²) in [7, 11) is 0. The second-order valence-electron chi connectivity index (χ2n) is 8.73. The second kappa shape index (κ2) is 10.5. The fraction of sp³-hybridized carbons (Fsp3) is 0.400. The Hall–Kier alpha value is -2.95. The van der Waals surface area contributed by atoms with Crippen molar-refractivity contribution in [2.24, 2.45) is 32.8 Å². The van der Waals surface area contributed by atoms with Gasteiger partial charge in [-0.15, -0.1) is 0 Å². The van der Waals surface area contributed by atoms with Gasteiger partial charge in [0.25, 0.3) is 0 Å². The summed E-state index contributed by atoms with van der Waals surface area (Å²) < 4.78 is 12.0. The maximum atomic E-state index is 12.2. The number of ether oxygens (including phenoxy) is 2. The van der Waals surface area contributed by atoms with Crippen LogP contribution in [0, 0.1) is 5.41 Å². The zero-order valence-corrected chi connectivity index (χ0v) is 19.6. The van der Waals surface area contributed by atoms with Crippen LogP contribution in [-0.2, 0) is 14.3 Å². The molecule has 2 unspecified atom stereocenters. The molecule has 9 heteroatoms. The molecule has 0 saturated carbocycles. The molecule has 0 amide bonds. The minimum Gasteiger partial charge on any atom is -0.481 e. The molecule has 0 radical (unpaired) electrons. The molecule has 0 saturated heterocycles. The van der Waals surface area contributed by atoms with Gasteiger partial charge < -0.3 is 20.3 Å². The first-order chi connectivity index (χ1) is 16.3. The van der Waals surface area contributed by atoms with Gasteiger partial charge in [0.05, 0.1) is 29.3 Å². The number of para-hydroxylation sites is 2. The molecule has 2 atom stereocenters. The zero-order valence-electron chi connectivity index (χ0n) is 19.6. The lowest BCUT2D eigenvalue weighted by Gasteiger charge is -2.30. The number of hydrazine groups is 1. The molecule has 0 bridgehead atoms. The number of carboxylic acids is 1. The van der Waals surface area contributed by atoms with Crippen LogP contribution < -0.4 is 38.6 Å². The number of hydrogen-bond acceptors (Lipinski definition) is 8. The summed E-state index contributed by atoms with van der Waals surface area (Å²) in [6.07, 6.45) is 4.42. The third-order valence-electron chi connectivity index (χ3n) is 6.20. The maximum Gasteiger partial charge on any atom is 0.311 e. The summed E-state index contributed by atoms with van der Waals surface area (Å²) in [5, 5.41) is 13.7. The Morgan fingerprint density at radius 1 is 0.882 bits per heavy atom. The van der Waals surface area contributed by atoms with Crippen LogP contribution in [0.5, 0.6) is 0 Å². The normalized spacial score (nSPS) is 23.6. The average Bonchev–Trinajstić information content (AvgIpc) is 3.34. The molecule has 0 aliphatic carbocycles. The molecule has 34 heavy (non-hydrogen) atoms. The van der Waals surface area contributed by atoms with Crippen LogP contribution in [-0.4, -0.2) is 42.3 Å². The zero-order chi connectivity index (χ0) is 24.8. The summed E-state index contributed by atoms with van der Waals surface area (Å²) in [5.74, 6) is 7.05. The summed E-state index contributed by atoms with van der Waals surface area (Å²) in [6, 6.07) is 15.6. The standard InChI is InChI=1S/C25H29N3O4.H4N2/c1-23(15-18-7-3-5-9-20(18)27-23)31-13-11-25(17-26,22(29)30)12-14-32-24(2)16-19-8-4-6-10-21(19)28-24;1-2/h3-10,15-16H,11-14,17,26H2,1-2H3,(H,29,30);1-2H2. The number of nitrogens with zero attached hydrogens (tertiary/aromatic N) is 2. The lowest BCUT2D eigenvalue weighted by Crippen LogP contribution is -2.42. The van der Waals surface area contributed by atoms with Gasteiger partial charge in [-0.1, -0.05) is 36.4 Å². The van der Waals surface area contributed by atoms with Crippen molar-refractivity contribution in [3.63, 3.8) is 0 Å².